The molecule has 3 heteroatoms. The summed E-state index contributed by atoms with van der Waals surface area (Å²) in [4.78, 5) is 4.73. The number of benzene rings is 1. The first kappa shape index (κ1) is 12.6. The maximum absolute atomic E-state index is 8.95. The van der Waals surface area contributed by atoms with Crippen molar-refractivity contribution in [3.63, 3.8) is 0 Å². The van der Waals surface area contributed by atoms with Gasteiger partial charge in [0, 0.05) is 12.0 Å². The van der Waals surface area contributed by atoms with Crippen molar-refractivity contribution in [2.45, 2.75) is 46.1 Å². The molecular formula is C15H19N3. The molecule has 1 atom stereocenters. The summed E-state index contributed by atoms with van der Waals surface area (Å²) in [6.07, 6.45) is 1.07. The molecule has 2 aromatic rings. The molecule has 1 unspecified atom stereocenters. The van der Waals surface area contributed by atoms with Gasteiger partial charge in [0.05, 0.1) is 22.7 Å². The maximum Gasteiger partial charge on any atom is 0.112 e. The van der Waals surface area contributed by atoms with Gasteiger partial charge >= 0.3 is 0 Å². The lowest BCUT2D eigenvalue weighted by Gasteiger charge is -2.16. The number of aromatic nitrogens is 2. The third kappa shape index (κ3) is 1.99. The van der Waals surface area contributed by atoms with Crippen LogP contribution in [0, 0.1) is 11.3 Å². The van der Waals surface area contributed by atoms with Gasteiger partial charge in [-0.3, -0.25) is 0 Å². The Morgan fingerprint density at radius 3 is 2.61 bits per heavy atom. The van der Waals surface area contributed by atoms with E-state index in [1.54, 1.807) is 0 Å². The second kappa shape index (κ2) is 4.81. The van der Waals surface area contributed by atoms with Gasteiger partial charge in [0.2, 0.25) is 0 Å². The normalized spacial score (nSPS) is 12.9. The summed E-state index contributed by atoms with van der Waals surface area (Å²) in [5.41, 5.74) is 2.73. The van der Waals surface area contributed by atoms with E-state index < -0.39 is 0 Å². The fraction of sp³-hybridized carbons (Fsp3) is 0.467. The zero-order chi connectivity index (χ0) is 13.3. The second-order valence-corrected chi connectivity index (χ2v) is 5.06. The molecule has 0 aliphatic carbocycles. The third-order valence-corrected chi connectivity index (χ3v) is 3.42. The highest BCUT2D eigenvalue weighted by atomic mass is 15.1. The van der Waals surface area contributed by atoms with Crippen LogP contribution in [0.25, 0.3) is 11.0 Å². The monoisotopic (exact) mass is 241 g/mol. The Morgan fingerprint density at radius 1 is 1.33 bits per heavy atom. The van der Waals surface area contributed by atoms with Crippen molar-refractivity contribution in [1.82, 2.24) is 9.55 Å². The SMILES string of the molecule is CCC(C)c1nc2cc(C#N)ccc2n1C(C)C. The molecule has 0 aliphatic heterocycles. The van der Waals surface area contributed by atoms with Gasteiger partial charge in [-0.05, 0) is 38.5 Å². The highest BCUT2D eigenvalue weighted by Crippen LogP contribution is 2.27. The van der Waals surface area contributed by atoms with E-state index in [1.165, 1.54) is 0 Å². The van der Waals surface area contributed by atoms with Gasteiger partial charge in [0.15, 0.2) is 0 Å². The standard InChI is InChI=1S/C15H19N3/c1-5-11(4)15-17-13-8-12(9-16)6-7-14(13)18(15)10(2)3/h6-8,10-11H,5H2,1-4H3. The highest BCUT2D eigenvalue weighted by Gasteiger charge is 2.17. The zero-order valence-corrected chi connectivity index (χ0v) is 11.4. The summed E-state index contributed by atoms with van der Waals surface area (Å²) < 4.78 is 2.28. The molecule has 1 aromatic heterocycles. The minimum atomic E-state index is 0.381. The van der Waals surface area contributed by atoms with Gasteiger partial charge in [-0.2, -0.15) is 5.26 Å². The summed E-state index contributed by atoms with van der Waals surface area (Å²) in [5, 5.41) is 8.95. The first-order valence-electron chi connectivity index (χ1n) is 6.50. The van der Waals surface area contributed by atoms with Gasteiger partial charge in [0.1, 0.15) is 5.82 Å². The molecule has 2 rings (SSSR count). The van der Waals surface area contributed by atoms with E-state index in [0.29, 0.717) is 17.5 Å². The Kier molecular flexibility index (Phi) is 3.38. The number of rotatable bonds is 3. The second-order valence-electron chi connectivity index (χ2n) is 5.06. The molecule has 0 fully saturated rings. The number of imidazole rings is 1. The van der Waals surface area contributed by atoms with E-state index in [-0.39, 0.29) is 0 Å². The molecule has 0 radical (unpaired) electrons. The number of nitriles is 1. The molecule has 3 nitrogen and oxygen atoms in total. The topological polar surface area (TPSA) is 41.6 Å². The van der Waals surface area contributed by atoms with Crippen molar-refractivity contribution in [3.05, 3.63) is 29.6 Å². The Balaban J connectivity index is 2.71. The van der Waals surface area contributed by atoms with Crippen molar-refractivity contribution < 1.29 is 0 Å². The maximum atomic E-state index is 8.95. The van der Waals surface area contributed by atoms with Crippen molar-refractivity contribution in [3.8, 4) is 6.07 Å². The van der Waals surface area contributed by atoms with Gasteiger partial charge < -0.3 is 4.57 Å². The van der Waals surface area contributed by atoms with Gasteiger partial charge in [0.25, 0.3) is 0 Å². The zero-order valence-electron chi connectivity index (χ0n) is 11.4. The van der Waals surface area contributed by atoms with Crippen LogP contribution in [0.2, 0.25) is 0 Å². The highest BCUT2D eigenvalue weighted by molar-refractivity contribution is 5.78. The molecule has 94 valence electrons. The van der Waals surface area contributed by atoms with Crippen LogP contribution in [0.15, 0.2) is 18.2 Å². The predicted molar refractivity (Wildman–Crippen MR) is 73.5 cm³/mol. The molecule has 0 N–H and O–H groups in total. The van der Waals surface area contributed by atoms with E-state index in [0.717, 1.165) is 23.3 Å². The average molecular weight is 241 g/mol. The van der Waals surface area contributed by atoms with Crippen molar-refractivity contribution in [2.75, 3.05) is 0 Å². The van der Waals surface area contributed by atoms with Crippen LogP contribution in [-0.2, 0) is 0 Å². The van der Waals surface area contributed by atoms with E-state index in [1.807, 2.05) is 18.2 Å². The minimum absolute atomic E-state index is 0.381. The van der Waals surface area contributed by atoms with Crippen LogP contribution in [0.1, 0.15) is 57.5 Å². The number of hydrogen-bond acceptors (Lipinski definition) is 2. The van der Waals surface area contributed by atoms with Crippen LogP contribution >= 0.6 is 0 Å². The Bertz CT molecular complexity index is 602. The van der Waals surface area contributed by atoms with E-state index in [4.69, 9.17) is 10.2 Å². The molecule has 18 heavy (non-hydrogen) atoms. The number of hydrogen-bond donors (Lipinski definition) is 0. The van der Waals surface area contributed by atoms with Crippen molar-refractivity contribution in [1.29, 1.82) is 5.26 Å². The molecule has 1 heterocycles. The molecular weight excluding hydrogens is 222 g/mol. The number of fused-ring (bicyclic) bond motifs is 1. The first-order chi connectivity index (χ1) is 8.58. The summed E-state index contributed by atoms with van der Waals surface area (Å²) in [5.74, 6) is 1.56. The van der Waals surface area contributed by atoms with E-state index in [2.05, 4.69) is 38.3 Å². The lowest BCUT2D eigenvalue weighted by Crippen LogP contribution is -2.08. The quantitative estimate of drug-likeness (QED) is 0.815. The van der Waals surface area contributed by atoms with Gasteiger partial charge in [-0.25, -0.2) is 4.98 Å². The van der Waals surface area contributed by atoms with Crippen LogP contribution < -0.4 is 0 Å². The fourth-order valence-electron chi connectivity index (χ4n) is 2.26. The van der Waals surface area contributed by atoms with Crippen LogP contribution in [0.4, 0.5) is 0 Å². The average Bonchev–Trinajstić information content (AvgIpc) is 2.75. The first-order valence-corrected chi connectivity index (χ1v) is 6.50. The van der Waals surface area contributed by atoms with Crippen LogP contribution in [0.5, 0.6) is 0 Å². The smallest absolute Gasteiger partial charge is 0.112 e. The summed E-state index contributed by atoms with van der Waals surface area (Å²) in [6.45, 7) is 8.72. The van der Waals surface area contributed by atoms with Crippen LogP contribution in [0.3, 0.4) is 0 Å². The Hall–Kier alpha value is -1.82. The molecule has 0 spiro atoms. The van der Waals surface area contributed by atoms with Crippen molar-refractivity contribution >= 4 is 11.0 Å². The molecule has 1 aromatic carbocycles. The molecule has 0 saturated heterocycles. The van der Waals surface area contributed by atoms with E-state index in [9.17, 15) is 0 Å². The Morgan fingerprint density at radius 2 is 2.06 bits per heavy atom. The summed E-state index contributed by atoms with van der Waals surface area (Å²) in [7, 11) is 0. The molecule has 0 amide bonds. The van der Waals surface area contributed by atoms with E-state index >= 15 is 0 Å². The molecule has 0 saturated carbocycles. The van der Waals surface area contributed by atoms with Gasteiger partial charge in [-0.15, -0.1) is 0 Å². The fourth-order valence-corrected chi connectivity index (χ4v) is 2.26. The minimum Gasteiger partial charge on any atom is -0.325 e. The Labute approximate surface area is 108 Å². The number of nitrogens with zero attached hydrogens (tertiary/aromatic N) is 3. The molecule has 0 aliphatic rings. The molecule has 0 bridgehead atoms. The predicted octanol–water partition coefficient (Wildman–Crippen LogP) is 4.00. The lowest BCUT2D eigenvalue weighted by molar-refractivity contribution is 0.545. The third-order valence-electron chi connectivity index (χ3n) is 3.42. The lowest BCUT2D eigenvalue weighted by atomic mass is 10.1. The summed E-state index contributed by atoms with van der Waals surface area (Å²) >= 11 is 0. The van der Waals surface area contributed by atoms with Crippen molar-refractivity contribution in [2.24, 2.45) is 0 Å². The van der Waals surface area contributed by atoms with Crippen LogP contribution in [-0.4, -0.2) is 9.55 Å². The largest absolute Gasteiger partial charge is 0.325 e. The van der Waals surface area contributed by atoms with Gasteiger partial charge in [-0.1, -0.05) is 13.8 Å². The summed E-state index contributed by atoms with van der Waals surface area (Å²) in [6, 6.07) is 8.30.